The fourth-order valence-corrected chi connectivity index (χ4v) is 4.04. The Bertz CT molecular complexity index is 801. The van der Waals surface area contributed by atoms with Crippen molar-refractivity contribution >= 4 is 34.7 Å². The molecule has 1 aromatic carbocycles. The van der Waals surface area contributed by atoms with Gasteiger partial charge in [0.25, 0.3) is 0 Å². The second-order valence-electron chi connectivity index (χ2n) is 8.00. The van der Waals surface area contributed by atoms with Gasteiger partial charge in [0.05, 0.1) is 12.3 Å². The molecule has 2 fully saturated rings. The number of nitrogens with one attached hydrogen (secondary N) is 2. The van der Waals surface area contributed by atoms with Crippen molar-refractivity contribution in [3.05, 3.63) is 35.5 Å². The molecule has 2 aliphatic rings. The molecule has 4 rings (SSSR count). The standard InChI is InChI=1S/C21H29ClN6O/c1-27-10-12-28(13-11-27)17-6-2-16(3-7-17)25-21-23-14-19(22)20(26-21)24-15-4-8-18(29)9-5-15/h2-3,6-7,14-15,18,29H,4-5,8-13H2,1H3,(H2,23,24,25,26). The molecule has 1 aliphatic heterocycles. The number of anilines is 4. The lowest BCUT2D eigenvalue weighted by Gasteiger charge is -2.34. The lowest BCUT2D eigenvalue weighted by Crippen LogP contribution is -2.44. The van der Waals surface area contributed by atoms with Gasteiger partial charge in [-0.3, -0.25) is 0 Å². The predicted molar refractivity (Wildman–Crippen MR) is 118 cm³/mol. The molecule has 0 amide bonds. The summed E-state index contributed by atoms with van der Waals surface area (Å²) < 4.78 is 0. The molecular weight excluding hydrogens is 388 g/mol. The van der Waals surface area contributed by atoms with Gasteiger partial charge in [0.15, 0.2) is 5.82 Å². The Morgan fingerprint density at radius 1 is 1.03 bits per heavy atom. The van der Waals surface area contributed by atoms with E-state index >= 15 is 0 Å². The minimum atomic E-state index is -0.181. The van der Waals surface area contributed by atoms with Crippen molar-refractivity contribution in [2.75, 3.05) is 48.8 Å². The number of rotatable bonds is 5. The average Bonchev–Trinajstić information content (AvgIpc) is 2.73. The van der Waals surface area contributed by atoms with Crippen molar-refractivity contribution in [2.24, 2.45) is 0 Å². The highest BCUT2D eigenvalue weighted by Crippen LogP contribution is 2.27. The van der Waals surface area contributed by atoms with E-state index in [4.69, 9.17) is 11.6 Å². The molecule has 3 N–H and O–H groups in total. The van der Waals surface area contributed by atoms with Crippen LogP contribution in [0.2, 0.25) is 5.02 Å². The maximum atomic E-state index is 9.68. The molecule has 0 unspecified atom stereocenters. The summed E-state index contributed by atoms with van der Waals surface area (Å²) in [5.74, 6) is 1.15. The Labute approximate surface area is 177 Å². The zero-order valence-electron chi connectivity index (χ0n) is 16.8. The Balaban J connectivity index is 1.39. The van der Waals surface area contributed by atoms with Crippen molar-refractivity contribution in [3.63, 3.8) is 0 Å². The van der Waals surface area contributed by atoms with E-state index in [2.05, 4.69) is 61.7 Å². The van der Waals surface area contributed by atoms with Gasteiger partial charge in [-0.25, -0.2) is 4.98 Å². The summed E-state index contributed by atoms with van der Waals surface area (Å²) in [6.45, 7) is 4.29. The molecule has 0 radical (unpaired) electrons. The molecule has 1 saturated heterocycles. The van der Waals surface area contributed by atoms with Gasteiger partial charge in [0.1, 0.15) is 5.02 Å². The molecule has 0 spiro atoms. The predicted octanol–water partition coefficient (Wildman–Crippen LogP) is 3.34. The first kappa shape index (κ1) is 20.2. The van der Waals surface area contributed by atoms with Crippen LogP contribution in [0.1, 0.15) is 25.7 Å². The van der Waals surface area contributed by atoms with Crippen molar-refractivity contribution in [1.82, 2.24) is 14.9 Å². The van der Waals surface area contributed by atoms with E-state index in [1.807, 2.05) is 0 Å². The molecule has 0 bridgehead atoms. The molecular formula is C21H29ClN6O. The van der Waals surface area contributed by atoms with Gasteiger partial charge in [-0.1, -0.05) is 11.6 Å². The summed E-state index contributed by atoms with van der Waals surface area (Å²) >= 11 is 6.29. The number of halogens is 1. The van der Waals surface area contributed by atoms with Gasteiger partial charge < -0.3 is 25.5 Å². The van der Waals surface area contributed by atoms with Crippen LogP contribution in [0.4, 0.5) is 23.1 Å². The topological polar surface area (TPSA) is 76.5 Å². The van der Waals surface area contributed by atoms with Gasteiger partial charge in [0, 0.05) is 43.6 Å². The zero-order chi connectivity index (χ0) is 20.2. The van der Waals surface area contributed by atoms with Crippen LogP contribution >= 0.6 is 11.6 Å². The fraction of sp³-hybridized carbons (Fsp3) is 0.524. The third-order valence-corrected chi connectivity index (χ3v) is 6.05. The average molecular weight is 417 g/mol. The molecule has 2 heterocycles. The number of likely N-dealkylation sites (N-methyl/N-ethyl adjacent to an activating group) is 1. The van der Waals surface area contributed by atoms with Crippen molar-refractivity contribution in [3.8, 4) is 0 Å². The summed E-state index contributed by atoms with van der Waals surface area (Å²) in [6.07, 6.45) is 4.89. The van der Waals surface area contributed by atoms with E-state index in [0.29, 0.717) is 16.8 Å². The monoisotopic (exact) mass is 416 g/mol. The first-order valence-corrected chi connectivity index (χ1v) is 10.7. The molecule has 1 aliphatic carbocycles. The number of aromatic nitrogens is 2. The number of piperazine rings is 1. The largest absolute Gasteiger partial charge is 0.393 e. The third-order valence-electron chi connectivity index (χ3n) is 5.77. The van der Waals surface area contributed by atoms with Crippen LogP contribution in [-0.4, -0.2) is 65.3 Å². The van der Waals surface area contributed by atoms with Crippen LogP contribution < -0.4 is 15.5 Å². The Morgan fingerprint density at radius 3 is 2.41 bits per heavy atom. The highest BCUT2D eigenvalue weighted by atomic mass is 35.5. The summed E-state index contributed by atoms with van der Waals surface area (Å²) in [6, 6.07) is 8.66. The van der Waals surface area contributed by atoms with Gasteiger partial charge in [0.2, 0.25) is 5.95 Å². The molecule has 1 aromatic heterocycles. The molecule has 1 saturated carbocycles. The second kappa shape index (κ2) is 9.15. The van der Waals surface area contributed by atoms with E-state index in [0.717, 1.165) is 57.5 Å². The first-order chi connectivity index (χ1) is 14.1. The summed E-state index contributed by atoms with van der Waals surface area (Å²) in [4.78, 5) is 13.6. The van der Waals surface area contributed by atoms with Crippen molar-refractivity contribution in [1.29, 1.82) is 0 Å². The second-order valence-corrected chi connectivity index (χ2v) is 8.41. The number of hydrogen-bond acceptors (Lipinski definition) is 7. The Kier molecular flexibility index (Phi) is 6.37. The maximum absolute atomic E-state index is 9.68. The maximum Gasteiger partial charge on any atom is 0.229 e. The van der Waals surface area contributed by atoms with E-state index in [1.165, 1.54) is 5.69 Å². The van der Waals surface area contributed by atoms with Crippen LogP contribution in [0, 0.1) is 0 Å². The zero-order valence-corrected chi connectivity index (χ0v) is 17.6. The Morgan fingerprint density at radius 2 is 1.72 bits per heavy atom. The quantitative estimate of drug-likeness (QED) is 0.690. The van der Waals surface area contributed by atoms with E-state index < -0.39 is 0 Å². The highest BCUT2D eigenvalue weighted by Gasteiger charge is 2.20. The van der Waals surface area contributed by atoms with Gasteiger partial charge in [-0.05, 0) is 57.0 Å². The number of benzene rings is 1. The summed E-state index contributed by atoms with van der Waals surface area (Å²) in [5.41, 5.74) is 2.18. The minimum absolute atomic E-state index is 0.181. The number of nitrogens with zero attached hydrogens (tertiary/aromatic N) is 4. The molecule has 0 atom stereocenters. The van der Waals surface area contributed by atoms with Crippen molar-refractivity contribution < 1.29 is 5.11 Å². The molecule has 156 valence electrons. The Hall–Kier alpha value is -2.09. The minimum Gasteiger partial charge on any atom is -0.393 e. The fourth-order valence-electron chi connectivity index (χ4n) is 3.89. The number of hydrogen-bond donors (Lipinski definition) is 3. The normalized spacial score (nSPS) is 23.1. The number of aliphatic hydroxyl groups is 1. The van der Waals surface area contributed by atoms with Crippen LogP contribution in [0.15, 0.2) is 30.5 Å². The molecule has 7 nitrogen and oxygen atoms in total. The van der Waals surface area contributed by atoms with Crippen LogP contribution in [-0.2, 0) is 0 Å². The summed E-state index contributed by atoms with van der Waals surface area (Å²) in [5, 5.41) is 16.9. The van der Waals surface area contributed by atoms with Crippen LogP contribution in [0.25, 0.3) is 0 Å². The SMILES string of the molecule is CN1CCN(c2ccc(Nc3ncc(Cl)c(NC4CCC(O)CC4)n3)cc2)CC1. The molecule has 29 heavy (non-hydrogen) atoms. The molecule has 8 heteroatoms. The number of aliphatic hydroxyl groups excluding tert-OH is 1. The summed E-state index contributed by atoms with van der Waals surface area (Å²) in [7, 11) is 2.16. The first-order valence-electron chi connectivity index (χ1n) is 10.3. The van der Waals surface area contributed by atoms with Crippen LogP contribution in [0.3, 0.4) is 0 Å². The van der Waals surface area contributed by atoms with Gasteiger partial charge in [-0.15, -0.1) is 0 Å². The van der Waals surface area contributed by atoms with Crippen LogP contribution in [0.5, 0.6) is 0 Å². The lowest BCUT2D eigenvalue weighted by atomic mass is 9.93. The van der Waals surface area contributed by atoms with E-state index in [1.54, 1.807) is 6.20 Å². The highest BCUT2D eigenvalue weighted by molar-refractivity contribution is 6.32. The lowest BCUT2D eigenvalue weighted by molar-refractivity contribution is 0.126. The third kappa shape index (κ3) is 5.29. The smallest absolute Gasteiger partial charge is 0.229 e. The van der Waals surface area contributed by atoms with E-state index in [-0.39, 0.29) is 12.1 Å². The van der Waals surface area contributed by atoms with Gasteiger partial charge >= 0.3 is 0 Å². The van der Waals surface area contributed by atoms with Crippen molar-refractivity contribution in [2.45, 2.75) is 37.8 Å². The van der Waals surface area contributed by atoms with E-state index in [9.17, 15) is 5.11 Å². The van der Waals surface area contributed by atoms with Gasteiger partial charge in [-0.2, -0.15) is 4.98 Å². The molecule has 2 aromatic rings.